The van der Waals surface area contributed by atoms with Crippen molar-refractivity contribution in [3.05, 3.63) is 74.5 Å². The van der Waals surface area contributed by atoms with E-state index in [1.165, 1.54) is 9.42 Å². The Bertz CT molecular complexity index is 1470. The number of amides is 2. The van der Waals surface area contributed by atoms with Crippen LogP contribution in [0.25, 0.3) is 21.9 Å². The molecule has 1 aliphatic heterocycles. The minimum Gasteiger partial charge on any atom is -0.368 e. The predicted molar refractivity (Wildman–Crippen MR) is 113 cm³/mol. The van der Waals surface area contributed by atoms with Gasteiger partial charge < -0.3 is 5.73 Å². The number of fused-ring (bicyclic) bond motifs is 2. The van der Waals surface area contributed by atoms with Gasteiger partial charge in [0.15, 0.2) is 5.82 Å². The van der Waals surface area contributed by atoms with Crippen molar-refractivity contribution in [1.82, 2.24) is 14.6 Å². The van der Waals surface area contributed by atoms with Gasteiger partial charge in [-0.15, -0.1) is 5.10 Å². The Kier molecular flexibility index (Phi) is 4.00. The number of nitrogens with zero attached hydrogens (tertiary/aromatic N) is 4. The molecule has 0 spiro atoms. The van der Waals surface area contributed by atoms with Gasteiger partial charge in [0.1, 0.15) is 11.1 Å². The quantitative estimate of drug-likeness (QED) is 0.532. The normalized spacial score (nSPS) is 15.1. The van der Waals surface area contributed by atoms with Crippen molar-refractivity contribution in [3.63, 3.8) is 0 Å². The van der Waals surface area contributed by atoms with Crippen molar-refractivity contribution in [2.75, 3.05) is 11.4 Å². The van der Waals surface area contributed by atoms with E-state index in [1.807, 2.05) is 31.2 Å². The highest BCUT2D eigenvalue weighted by Crippen LogP contribution is 2.34. The lowest BCUT2D eigenvalue weighted by molar-refractivity contribution is -0.119. The Balaban J connectivity index is 1.73. The second-order valence-corrected chi connectivity index (χ2v) is 7.91. The maximum absolute atomic E-state index is 13.1. The van der Waals surface area contributed by atoms with Gasteiger partial charge in [-0.1, -0.05) is 53.8 Å². The summed E-state index contributed by atoms with van der Waals surface area (Å²) in [6.45, 7) is 1.69. The van der Waals surface area contributed by atoms with E-state index in [-0.39, 0.29) is 16.7 Å². The Morgan fingerprint density at radius 2 is 1.77 bits per heavy atom. The lowest BCUT2D eigenvalue weighted by Gasteiger charge is -2.14. The van der Waals surface area contributed by atoms with E-state index >= 15 is 0 Å². The van der Waals surface area contributed by atoms with Crippen molar-refractivity contribution in [3.8, 4) is 11.4 Å². The van der Waals surface area contributed by atoms with Crippen molar-refractivity contribution in [2.24, 2.45) is 5.73 Å². The molecular weight excluding hydrogens is 402 g/mol. The molecule has 0 bridgehead atoms. The third-order valence-electron chi connectivity index (χ3n) is 5.01. The fourth-order valence-corrected chi connectivity index (χ4v) is 4.63. The number of carbonyl (C=O) groups is 2. The molecule has 2 N–H and O–H groups in total. The summed E-state index contributed by atoms with van der Waals surface area (Å²) in [6, 6.07) is 14.7. The predicted octanol–water partition coefficient (Wildman–Crippen LogP) is 0.876. The Hall–Kier alpha value is -3.85. The molecule has 0 fully saturated rings. The largest absolute Gasteiger partial charge is 0.368 e. The molecular formula is C21H15N5O3S. The molecule has 8 nitrogen and oxygen atoms in total. The van der Waals surface area contributed by atoms with Crippen LogP contribution in [0.3, 0.4) is 0 Å². The molecule has 0 radical (unpaired) electrons. The number of aromatic nitrogens is 3. The van der Waals surface area contributed by atoms with Crippen LogP contribution in [0, 0.1) is 6.92 Å². The average Bonchev–Trinajstić information content (AvgIpc) is 3.34. The van der Waals surface area contributed by atoms with Crippen LogP contribution in [0.4, 0.5) is 5.69 Å². The third kappa shape index (κ3) is 2.63. The van der Waals surface area contributed by atoms with E-state index < -0.39 is 17.4 Å². The van der Waals surface area contributed by atoms with Gasteiger partial charge in [0, 0.05) is 11.1 Å². The molecule has 0 atom stereocenters. The number of nitrogens with two attached hydrogens (primary N) is 1. The molecule has 2 aromatic heterocycles. The molecule has 2 aromatic carbocycles. The van der Waals surface area contributed by atoms with Gasteiger partial charge in [0.2, 0.25) is 10.9 Å². The summed E-state index contributed by atoms with van der Waals surface area (Å²) in [4.78, 5) is 43.9. The third-order valence-corrected chi connectivity index (χ3v) is 6.04. The highest BCUT2D eigenvalue weighted by molar-refractivity contribution is 7.15. The lowest BCUT2D eigenvalue weighted by Crippen LogP contribution is -2.37. The second kappa shape index (κ2) is 6.60. The molecule has 5 rings (SSSR count). The first-order valence-corrected chi connectivity index (χ1v) is 9.97. The molecule has 148 valence electrons. The van der Waals surface area contributed by atoms with Gasteiger partial charge in [-0.05, 0) is 18.6 Å². The molecule has 9 heteroatoms. The van der Waals surface area contributed by atoms with E-state index in [2.05, 4.69) is 10.1 Å². The van der Waals surface area contributed by atoms with Crippen LogP contribution in [-0.2, 0) is 9.59 Å². The smallest absolute Gasteiger partial charge is 0.291 e. The zero-order chi connectivity index (χ0) is 21.0. The topological polar surface area (TPSA) is 111 Å². The van der Waals surface area contributed by atoms with Crippen molar-refractivity contribution < 1.29 is 9.59 Å². The van der Waals surface area contributed by atoms with E-state index in [0.29, 0.717) is 22.0 Å². The summed E-state index contributed by atoms with van der Waals surface area (Å²) in [7, 11) is 0. The summed E-state index contributed by atoms with van der Waals surface area (Å²) in [6.07, 6.45) is 0. The summed E-state index contributed by atoms with van der Waals surface area (Å²) in [5.41, 5.74) is 8.12. The van der Waals surface area contributed by atoms with Crippen LogP contribution in [-0.4, -0.2) is 33.0 Å². The van der Waals surface area contributed by atoms with Crippen molar-refractivity contribution in [1.29, 1.82) is 0 Å². The Morgan fingerprint density at radius 1 is 1.07 bits per heavy atom. The number of primary amides is 1. The summed E-state index contributed by atoms with van der Waals surface area (Å²) in [5, 5.41) is 4.37. The minimum absolute atomic E-state index is 0.241. The van der Waals surface area contributed by atoms with Gasteiger partial charge in [-0.2, -0.15) is 9.50 Å². The second-order valence-electron chi connectivity index (χ2n) is 6.93. The SMILES string of the molecule is Cc1ccccc1-c1nc2sc(=C3C(=O)N(CC(N)=O)c4ccccc43)c(=O)n2n1. The van der Waals surface area contributed by atoms with Crippen LogP contribution in [0.5, 0.6) is 0 Å². The molecule has 1 aliphatic rings. The molecule has 30 heavy (non-hydrogen) atoms. The van der Waals surface area contributed by atoms with Gasteiger partial charge in [0.05, 0.1) is 11.3 Å². The monoisotopic (exact) mass is 417 g/mol. The Morgan fingerprint density at radius 3 is 2.47 bits per heavy atom. The molecule has 0 saturated carbocycles. The molecule has 0 unspecified atom stereocenters. The number of aryl methyl sites for hydroxylation is 1. The molecule has 3 heterocycles. The first kappa shape index (κ1) is 18.2. The summed E-state index contributed by atoms with van der Waals surface area (Å²) >= 11 is 1.11. The van der Waals surface area contributed by atoms with Crippen LogP contribution in [0.2, 0.25) is 0 Å². The number of rotatable bonds is 3. The zero-order valence-corrected chi connectivity index (χ0v) is 16.6. The highest BCUT2D eigenvalue weighted by atomic mass is 32.1. The molecule has 0 aliphatic carbocycles. The van der Waals surface area contributed by atoms with Crippen molar-refractivity contribution >= 4 is 39.4 Å². The number of benzene rings is 2. The van der Waals surface area contributed by atoms with Crippen LogP contribution < -0.4 is 20.7 Å². The van der Waals surface area contributed by atoms with Gasteiger partial charge in [-0.3, -0.25) is 19.3 Å². The van der Waals surface area contributed by atoms with Crippen LogP contribution in [0.1, 0.15) is 11.1 Å². The van der Waals surface area contributed by atoms with E-state index in [4.69, 9.17) is 5.73 Å². The van der Waals surface area contributed by atoms with Gasteiger partial charge in [-0.25, -0.2) is 0 Å². The maximum Gasteiger partial charge on any atom is 0.291 e. The fourth-order valence-electron chi connectivity index (χ4n) is 3.64. The average molecular weight is 417 g/mol. The van der Waals surface area contributed by atoms with Gasteiger partial charge >= 0.3 is 0 Å². The fraction of sp³-hybridized carbons (Fsp3) is 0.0952. The number of para-hydroxylation sites is 1. The first-order chi connectivity index (χ1) is 14.5. The first-order valence-electron chi connectivity index (χ1n) is 9.15. The van der Waals surface area contributed by atoms with Crippen molar-refractivity contribution in [2.45, 2.75) is 6.92 Å². The van der Waals surface area contributed by atoms with E-state index in [0.717, 1.165) is 22.5 Å². The van der Waals surface area contributed by atoms with E-state index in [1.54, 1.807) is 24.3 Å². The minimum atomic E-state index is -0.632. The number of anilines is 1. The number of carbonyl (C=O) groups excluding carboxylic acids is 2. The van der Waals surface area contributed by atoms with Gasteiger partial charge in [0.25, 0.3) is 11.5 Å². The Labute approximate surface area is 173 Å². The maximum atomic E-state index is 13.1. The summed E-state index contributed by atoms with van der Waals surface area (Å²) in [5.74, 6) is -0.607. The zero-order valence-electron chi connectivity index (χ0n) is 15.8. The number of thiazole rings is 1. The molecule has 2 amide bonds. The number of hydrogen-bond donors (Lipinski definition) is 1. The standard InChI is InChI=1S/C21H15N5O3S/c1-11-6-2-3-7-12(11)18-23-21-26(24-18)20(29)17(30-21)16-13-8-4-5-9-14(13)25(19(16)28)10-15(22)27/h2-9H,10H2,1H3,(H2,22,27). The van der Waals surface area contributed by atoms with Crippen LogP contribution >= 0.6 is 11.3 Å². The van der Waals surface area contributed by atoms with Crippen LogP contribution in [0.15, 0.2) is 53.3 Å². The van der Waals surface area contributed by atoms with E-state index in [9.17, 15) is 14.4 Å². The number of hydrogen-bond acceptors (Lipinski definition) is 6. The highest BCUT2D eigenvalue weighted by Gasteiger charge is 2.35. The summed E-state index contributed by atoms with van der Waals surface area (Å²) < 4.78 is 1.47. The molecule has 0 saturated heterocycles. The lowest BCUT2D eigenvalue weighted by atomic mass is 10.1. The molecule has 4 aromatic rings.